The number of H-pyrrole nitrogens is 1. The lowest BCUT2D eigenvalue weighted by atomic mass is 9.87. The lowest BCUT2D eigenvalue weighted by Crippen LogP contribution is -2.38. The highest BCUT2D eigenvalue weighted by Crippen LogP contribution is 2.23. The molecule has 1 aromatic heterocycles. The number of amides is 1. The Morgan fingerprint density at radius 1 is 1.50 bits per heavy atom. The van der Waals surface area contributed by atoms with Gasteiger partial charge in [0.2, 0.25) is 0 Å². The Morgan fingerprint density at radius 2 is 2.28 bits per heavy atom. The zero-order valence-corrected chi connectivity index (χ0v) is 11.5. The number of nitrogens with one attached hydrogen (secondary N) is 2. The van der Waals surface area contributed by atoms with E-state index in [1.807, 2.05) is 6.07 Å². The van der Waals surface area contributed by atoms with Crippen LogP contribution in [0, 0.1) is 5.92 Å². The second kappa shape index (κ2) is 5.55. The summed E-state index contributed by atoms with van der Waals surface area (Å²) in [5.74, 6) is 1.04. The first-order valence-electron chi connectivity index (χ1n) is 6.92. The molecule has 18 heavy (non-hydrogen) atoms. The standard InChI is InChI=1S/C14H23N3O/c1-9(2)12-8-13(17-16-12)14(18)15-11-6-4-5-10(3)7-11/h8-11H,4-7H2,1-3H3,(H,15,18)(H,16,17). The maximum absolute atomic E-state index is 12.1. The van der Waals surface area contributed by atoms with Gasteiger partial charge in [-0.1, -0.05) is 33.6 Å². The molecule has 0 bridgehead atoms. The van der Waals surface area contributed by atoms with E-state index in [-0.39, 0.29) is 5.91 Å². The molecule has 1 heterocycles. The first-order valence-corrected chi connectivity index (χ1v) is 6.92. The zero-order valence-electron chi connectivity index (χ0n) is 11.5. The van der Waals surface area contributed by atoms with Gasteiger partial charge in [-0.3, -0.25) is 9.89 Å². The van der Waals surface area contributed by atoms with Crippen LogP contribution in [0.1, 0.15) is 68.6 Å². The van der Waals surface area contributed by atoms with Gasteiger partial charge in [0.05, 0.1) is 0 Å². The summed E-state index contributed by atoms with van der Waals surface area (Å²) in [7, 11) is 0. The molecule has 1 fully saturated rings. The number of rotatable bonds is 3. The Kier molecular flexibility index (Phi) is 4.04. The van der Waals surface area contributed by atoms with Gasteiger partial charge >= 0.3 is 0 Å². The van der Waals surface area contributed by atoms with Crippen molar-refractivity contribution in [2.75, 3.05) is 0 Å². The second-order valence-corrected chi connectivity index (χ2v) is 5.81. The van der Waals surface area contributed by atoms with Gasteiger partial charge in [-0.25, -0.2) is 0 Å². The third-order valence-corrected chi connectivity index (χ3v) is 3.72. The minimum atomic E-state index is -0.0442. The molecular weight excluding hydrogens is 226 g/mol. The van der Waals surface area contributed by atoms with E-state index in [4.69, 9.17) is 0 Å². The lowest BCUT2D eigenvalue weighted by Gasteiger charge is -2.27. The number of carbonyl (C=O) groups is 1. The number of aromatic nitrogens is 2. The predicted molar refractivity (Wildman–Crippen MR) is 71.6 cm³/mol. The quantitative estimate of drug-likeness (QED) is 0.865. The molecule has 100 valence electrons. The van der Waals surface area contributed by atoms with Crippen LogP contribution in [0.25, 0.3) is 0 Å². The average molecular weight is 249 g/mol. The highest BCUT2D eigenvalue weighted by atomic mass is 16.2. The third kappa shape index (κ3) is 3.12. The largest absolute Gasteiger partial charge is 0.348 e. The van der Waals surface area contributed by atoms with Gasteiger partial charge in [0.1, 0.15) is 5.69 Å². The van der Waals surface area contributed by atoms with Gasteiger partial charge in [-0.05, 0) is 30.7 Å². The Bertz CT molecular complexity index is 411. The van der Waals surface area contributed by atoms with Crippen LogP contribution in [0.2, 0.25) is 0 Å². The van der Waals surface area contributed by atoms with Crippen LogP contribution in [0.5, 0.6) is 0 Å². The molecule has 2 N–H and O–H groups in total. The monoisotopic (exact) mass is 249 g/mol. The smallest absolute Gasteiger partial charge is 0.271 e. The molecule has 4 heteroatoms. The second-order valence-electron chi connectivity index (χ2n) is 5.81. The maximum atomic E-state index is 12.1. The third-order valence-electron chi connectivity index (χ3n) is 3.72. The van der Waals surface area contributed by atoms with Gasteiger partial charge in [-0.2, -0.15) is 5.10 Å². The minimum Gasteiger partial charge on any atom is -0.348 e. The Morgan fingerprint density at radius 3 is 2.89 bits per heavy atom. The van der Waals surface area contributed by atoms with E-state index in [1.165, 1.54) is 12.8 Å². The minimum absolute atomic E-state index is 0.0442. The molecule has 1 saturated carbocycles. The summed E-state index contributed by atoms with van der Waals surface area (Å²) < 4.78 is 0. The molecule has 0 aliphatic heterocycles. The molecule has 1 aliphatic rings. The number of nitrogens with zero attached hydrogens (tertiary/aromatic N) is 1. The van der Waals surface area contributed by atoms with Gasteiger partial charge in [0, 0.05) is 11.7 Å². The van der Waals surface area contributed by atoms with Crippen molar-refractivity contribution in [1.29, 1.82) is 0 Å². The highest BCUT2D eigenvalue weighted by Gasteiger charge is 2.22. The van der Waals surface area contributed by atoms with Gasteiger partial charge in [0.15, 0.2) is 0 Å². The molecule has 1 amide bonds. The Labute approximate surface area is 109 Å². The van der Waals surface area contributed by atoms with Crippen LogP contribution in [0.4, 0.5) is 0 Å². The van der Waals surface area contributed by atoms with E-state index in [0.717, 1.165) is 24.5 Å². The number of aromatic amines is 1. The molecule has 4 nitrogen and oxygen atoms in total. The summed E-state index contributed by atoms with van der Waals surface area (Å²) in [6.45, 7) is 6.42. The molecule has 2 atom stereocenters. The Hall–Kier alpha value is -1.32. The van der Waals surface area contributed by atoms with E-state index in [0.29, 0.717) is 17.7 Å². The van der Waals surface area contributed by atoms with Crippen LogP contribution in [-0.2, 0) is 0 Å². The fourth-order valence-electron chi connectivity index (χ4n) is 2.57. The summed E-state index contributed by atoms with van der Waals surface area (Å²) in [6.07, 6.45) is 4.68. The lowest BCUT2D eigenvalue weighted by molar-refractivity contribution is 0.0916. The van der Waals surface area contributed by atoms with Crippen molar-refractivity contribution in [2.45, 2.75) is 58.4 Å². The number of hydrogen-bond donors (Lipinski definition) is 2. The van der Waals surface area contributed by atoms with Crippen molar-refractivity contribution < 1.29 is 4.79 Å². The molecule has 0 aromatic carbocycles. The molecule has 0 saturated heterocycles. The van der Waals surface area contributed by atoms with Crippen molar-refractivity contribution in [3.63, 3.8) is 0 Å². The molecule has 2 rings (SSSR count). The molecule has 1 aromatic rings. The van der Waals surface area contributed by atoms with E-state index >= 15 is 0 Å². The summed E-state index contributed by atoms with van der Waals surface area (Å²) in [5, 5.41) is 10.1. The van der Waals surface area contributed by atoms with Gasteiger partial charge < -0.3 is 5.32 Å². The topological polar surface area (TPSA) is 57.8 Å². The van der Waals surface area contributed by atoms with Crippen LogP contribution in [0.15, 0.2) is 6.07 Å². The van der Waals surface area contributed by atoms with Crippen molar-refractivity contribution in [2.24, 2.45) is 5.92 Å². The predicted octanol–water partition coefficient (Wildman–Crippen LogP) is 2.84. The fourth-order valence-corrected chi connectivity index (χ4v) is 2.57. The van der Waals surface area contributed by atoms with Gasteiger partial charge in [0.25, 0.3) is 5.91 Å². The van der Waals surface area contributed by atoms with E-state index in [2.05, 4.69) is 36.3 Å². The number of carbonyl (C=O) groups excluding carboxylic acids is 1. The fraction of sp³-hybridized carbons (Fsp3) is 0.714. The summed E-state index contributed by atoms with van der Waals surface area (Å²) in [6, 6.07) is 2.17. The first-order chi connectivity index (χ1) is 8.56. The maximum Gasteiger partial charge on any atom is 0.271 e. The summed E-state index contributed by atoms with van der Waals surface area (Å²) >= 11 is 0. The molecule has 2 unspecified atom stereocenters. The SMILES string of the molecule is CC1CCCC(NC(=O)c2cc(C(C)C)[nH]n2)C1. The average Bonchev–Trinajstić information content (AvgIpc) is 2.78. The van der Waals surface area contributed by atoms with Crippen LogP contribution in [0.3, 0.4) is 0 Å². The van der Waals surface area contributed by atoms with E-state index < -0.39 is 0 Å². The van der Waals surface area contributed by atoms with Crippen LogP contribution >= 0.6 is 0 Å². The van der Waals surface area contributed by atoms with Crippen molar-refractivity contribution in [3.05, 3.63) is 17.5 Å². The first kappa shape index (κ1) is 13.1. The summed E-state index contributed by atoms with van der Waals surface area (Å²) in [5.41, 5.74) is 1.52. The van der Waals surface area contributed by atoms with E-state index in [9.17, 15) is 4.79 Å². The number of hydrogen-bond acceptors (Lipinski definition) is 2. The van der Waals surface area contributed by atoms with Crippen molar-refractivity contribution in [1.82, 2.24) is 15.5 Å². The normalized spacial score (nSPS) is 24.2. The highest BCUT2D eigenvalue weighted by molar-refractivity contribution is 5.92. The van der Waals surface area contributed by atoms with E-state index in [1.54, 1.807) is 0 Å². The van der Waals surface area contributed by atoms with Crippen molar-refractivity contribution in [3.8, 4) is 0 Å². The molecule has 0 spiro atoms. The van der Waals surface area contributed by atoms with Crippen molar-refractivity contribution >= 4 is 5.91 Å². The molecule has 0 radical (unpaired) electrons. The summed E-state index contributed by atoms with van der Waals surface area (Å²) in [4.78, 5) is 12.1. The van der Waals surface area contributed by atoms with Crippen LogP contribution in [-0.4, -0.2) is 22.1 Å². The zero-order chi connectivity index (χ0) is 13.1. The van der Waals surface area contributed by atoms with Gasteiger partial charge in [-0.15, -0.1) is 0 Å². The molecule has 1 aliphatic carbocycles. The Balaban J connectivity index is 1.94. The van der Waals surface area contributed by atoms with Crippen LogP contribution < -0.4 is 5.32 Å². The molecular formula is C14H23N3O.